The van der Waals surface area contributed by atoms with E-state index in [1.807, 2.05) is 58.9 Å². The number of carbonyl (C=O) groups excluding carboxylic acids is 5. The summed E-state index contributed by atoms with van der Waals surface area (Å²) in [5, 5.41) is 40.1. The Hall–Kier alpha value is -3.99. The van der Waals surface area contributed by atoms with E-state index in [0.29, 0.717) is 61.6 Å². The van der Waals surface area contributed by atoms with Gasteiger partial charge in [-0.25, -0.2) is 14.4 Å². The van der Waals surface area contributed by atoms with E-state index in [4.69, 9.17) is 127 Å². The molecule has 7 aliphatic rings. The first-order chi connectivity index (χ1) is 45.9. The standard InChI is InChI=1S/C23H29B2NO8.C18H22B2O6.C13H15BO3.C6H11BO3.C6H11BO2.BH.Na.H/c1-3-14-20(34-19(28)10-9-18(27)26-2)21(22(25)32-14)30-12-16-15(11-17(24)31-16)33-23(29)13-7-5-4-6-8-13;1-2-11-15(21)16(17(20)25-11)23-9-13-12(8-14(19)24-13)26-18(22)10-6-4-3-5-7-10;1-2-10-11(8-12(14)16-10)17-13(15)9-6-4-3-5-7-9;1-2-3-4(8)5(9)6(7)10-3;1-2-5-4(8)3-6(7)9-5;;;/h4-8,14-17,20-22H,3,9-12H2,1-2H3,(H,26,27);3-7,11-17,21H,2,8-9H2,1H3;3-7,10-12H,2,8H2,1H3;3-6,8-9H,2H2,1H3;4-6,8H,2-3H2,1H3;1H;;/q;;;;;;+1;-1/t14-,15-,16-,17-,20+,21?,22-;11-,12-,13-,14-,15+,16?,17-;10-,11-,12-;3-,4+,5?,6-;4-,5-,6-;;;/m11111.../s1. The van der Waals surface area contributed by atoms with Crippen molar-refractivity contribution in [2.24, 2.45) is 0 Å². The second kappa shape index (κ2) is 43.8. The van der Waals surface area contributed by atoms with Gasteiger partial charge in [0.1, 0.15) is 110 Å². The van der Waals surface area contributed by atoms with Gasteiger partial charge in [-0.1, -0.05) is 89.2 Å². The molecule has 0 bridgehead atoms. The van der Waals surface area contributed by atoms with Gasteiger partial charge in [0, 0.05) is 83.2 Å². The number of ether oxygens (including phenoxy) is 13. The Bertz CT molecular complexity index is 2820. The van der Waals surface area contributed by atoms with Crippen molar-refractivity contribution in [3.8, 4) is 0 Å². The van der Waals surface area contributed by atoms with Gasteiger partial charge >= 0.3 is 53.4 Å². The molecule has 16 radical (unpaired) electrons. The minimum absolute atomic E-state index is 0. The number of rotatable bonds is 21. The van der Waals surface area contributed by atoms with Crippen molar-refractivity contribution < 1.29 is 137 Å². The van der Waals surface area contributed by atoms with Crippen molar-refractivity contribution in [3.63, 3.8) is 0 Å². The Morgan fingerprint density at radius 2 is 0.786 bits per heavy atom. The summed E-state index contributed by atoms with van der Waals surface area (Å²) in [6, 6.07) is 22.3. The first-order valence-electron chi connectivity index (χ1n) is 32.9. The first kappa shape index (κ1) is 86.4. The molecule has 24 atom stereocenters. The van der Waals surface area contributed by atoms with Gasteiger partial charge in [-0.15, -0.1) is 0 Å². The molecule has 3 aromatic rings. The molecular formula is C66H90B8NNaO22. The minimum atomic E-state index is -0.926. The van der Waals surface area contributed by atoms with E-state index in [0.717, 1.165) is 12.8 Å². The van der Waals surface area contributed by atoms with Crippen LogP contribution in [0.3, 0.4) is 0 Å². The Kier molecular flexibility index (Phi) is 38.7. The van der Waals surface area contributed by atoms with Crippen LogP contribution >= 0.6 is 0 Å². The van der Waals surface area contributed by atoms with Crippen molar-refractivity contribution in [1.82, 2.24) is 5.32 Å². The normalized spacial score (nSPS) is 34.1. The van der Waals surface area contributed by atoms with Gasteiger partial charge in [0.25, 0.3) is 0 Å². The van der Waals surface area contributed by atoms with Crippen LogP contribution in [0.2, 0.25) is 0 Å². The molecule has 0 spiro atoms. The third-order valence-electron chi connectivity index (χ3n) is 16.9. The summed E-state index contributed by atoms with van der Waals surface area (Å²) in [5.74, 6) is -2.05. The number of amides is 1. The fourth-order valence-electron chi connectivity index (χ4n) is 11.5. The third-order valence-corrected chi connectivity index (χ3v) is 16.9. The van der Waals surface area contributed by atoms with Crippen LogP contribution in [0.1, 0.15) is 138 Å². The van der Waals surface area contributed by atoms with E-state index in [9.17, 15) is 34.2 Å². The monoisotopic (exact) mass is 1360 g/mol. The van der Waals surface area contributed by atoms with Crippen LogP contribution in [-0.4, -0.2) is 280 Å². The zero-order chi connectivity index (χ0) is 70.2. The summed E-state index contributed by atoms with van der Waals surface area (Å²) in [6.07, 6.45) is -3.57. The maximum absolute atomic E-state index is 12.5. The number of aliphatic hydroxyl groups excluding tert-OH is 4. The molecule has 3 unspecified atom stereocenters. The number of hydrogen-bond donors (Lipinski definition) is 5. The molecule has 7 fully saturated rings. The molecule has 7 aliphatic heterocycles. The topological polar surface area (TPSA) is 298 Å². The molecule has 32 heteroatoms. The smallest absolute Gasteiger partial charge is 1.00 e. The molecule has 1 amide bonds. The number of carbonyl (C=O) groups is 5. The van der Waals surface area contributed by atoms with Crippen LogP contribution in [0.15, 0.2) is 91.0 Å². The second-order valence-electron chi connectivity index (χ2n) is 23.9. The molecule has 7 heterocycles. The first-order valence-corrected chi connectivity index (χ1v) is 32.9. The average Bonchev–Trinajstić information content (AvgIpc) is 1.69. The van der Waals surface area contributed by atoms with E-state index >= 15 is 0 Å². The zero-order valence-corrected chi connectivity index (χ0v) is 59.1. The van der Waals surface area contributed by atoms with Crippen molar-refractivity contribution >= 4 is 93.1 Å². The molecule has 0 aromatic heterocycles. The fraction of sp³-hybridized carbons (Fsp3) is 0.652. The number of aliphatic hydroxyl groups is 4. The van der Waals surface area contributed by atoms with Gasteiger partial charge in [0.15, 0.2) is 6.10 Å². The van der Waals surface area contributed by atoms with Gasteiger partial charge in [-0.2, -0.15) is 0 Å². The summed E-state index contributed by atoms with van der Waals surface area (Å²) < 4.78 is 72.0. The molecule has 3 aromatic carbocycles. The minimum Gasteiger partial charge on any atom is -1.00 e. The molecule has 98 heavy (non-hydrogen) atoms. The van der Waals surface area contributed by atoms with E-state index < -0.39 is 115 Å². The third kappa shape index (κ3) is 26.1. The summed E-state index contributed by atoms with van der Waals surface area (Å²) in [7, 11) is 41.7. The van der Waals surface area contributed by atoms with Gasteiger partial charge in [0.2, 0.25) is 5.91 Å². The SMILES string of the molecule is [BH].[B][C@@H]1O[C@H](CC)[C@H](O)C1O.[B][C@@H]1O[C@H](CC)[C@H](O)C1OC[C@H]1O[C@@H]([B])C[C@H]1OC(=O)c1ccccc1.[B][C@@H]1O[C@H](CC)[C@H](OC(=O)CCC(=O)NC)C1OC[C@H]1O[C@@H]([B])C[C@H]1OC(=O)c1ccccc1.[B][C@H]1C[C@@H](O)[C@@H](CC)O1.[B][C@H]1C[C@@H](OC(=O)c2ccccc2)[C@@H](CC)O1.[H-].[Na+]. The summed E-state index contributed by atoms with van der Waals surface area (Å²) in [5.41, 5.74) is 1.44. The molecule has 5 N–H and O–H groups in total. The molecular weight excluding hydrogens is 1270 g/mol. The van der Waals surface area contributed by atoms with E-state index in [-0.39, 0.29) is 126 Å². The van der Waals surface area contributed by atoms with Crippen LogP contribution in [0.25, 0.3) is 0 Å². The summed E-state index contributed by atoms with van der Waals surface area (Å²) in [4.78, 5) is 60.3. The largest absolute Gasteiger partial charge is 1.00 e. The van der Waals surface area contributed by atoms with Crippen LogP contribution in [0.5, 0.6) is 0 Å². The van der Waals surface area contributed by atoms with Crippen molar-refractivity contribution in [1.29, 1.82) is 0 Å². The number of esters is 4. The molecule has 23 nitrogen and oxygen atoms in total. The molecule has 0 aliphatic carbocycles. The van der Waals surface area contributed by atoms with Crippen molar-refractivity contribution in [2.45, 2.75) is 251 Å². The van der Waals surface area contributed by atoms with E-state index in [1.54, 1.807) is 66.7 Å². The van der Waals surface area contributed by atoms with Gasteiger partial charge in [0.05, 0.1) is 79.1 Å². The quantitative estimate of drug-likeness (QED) is 0.0465. The predicted octanol–water partition coefficient (Wildman–Crippen LogP) is -1.41. The van der Waals surface area contributed by atoms with Crippen molar-refractivity contribution in [2.75, 3.05) is 20.3 Å². The Morgan fingerprint density at radius 1 is 0.429 bits per heavy atom. The summed E-state index contributed by atoms with van der Waals surface area (Å²) in [6.45, 7) is 9.72. The fourth-order valence-corrected chi connectivity index (χ4v) is 11.5. The van der Waals surface area contributed by atoms with Gasteiger partial charge in [-0.3, -0.25) is 9.59 Å². The van der Waals surface area contributed by atoms with E-state index in [2.05, 4.69) is 5.32 Å². The molecule has 0 saturated carbocycles. The molecule has 7 saturated heterocycles. The predicted molar refractivity (Wildman–Crippen MR) is 363 cm³/mol. The number of hydrogen-bond acceptors (Lipinski definition) is 22. The van der Waals surface area contributed by atoms with Crippen molar-refractivity contribution in [3.05, 3.63) is 108 Å². The van der Waals surface area contributed by atoms with Crippen LogP contribution in [-0.2, 0) is 71.2 Å². The average molecular weight is 1360 g/mol. The summed E-state index contributed by atoms with van der Waals surface area (Å²) >= 11 is 0. The van der Waals surface area contributed by atoms with Gasteiger partial charge in [-0.05, 0) is 74.9 Å². The Morgan fingerprint density at radius 3 is 1.14 bits per heavy atom. The Balaban J connectivity index is 0.000000346. The Labute approximate surface area is 610 Å². The van der Waals surface area contributed by atoms with Crippen LogP contribution in [0, 0.1) is 0 Å². The second-order valence-corrected chi connectivity index (χ2v) is 23.9. The van der Waals surface area contributed by atoms with Gasteiger partial charge < -0.3 is 88.7 Å². The van der Waals surface area contributed by atoms with E-state index in [1.165, 1.54) is 7.05 Å². The molecule has 10 rings (SSSR count). The van der Waals surface area contributed by atoms with Crippen LogP contribution in [0.4, 0.5) is 0 Å². The maximum atomic E-state index is 12.5. The maximum Gasteiger partial charge on any atom is 1.00 e. The van der Waals surface area contributed by atoms with Crippen LogP contribution < -0.4 is 34.9 Å². The molecule has 516 valence electrons. The zero-order valence-electron chi connectivity index (χ0n) is 58.1. The number of nitrogens with one attached hydrogen (secondary N) is 1. The number of benzene rings is 3.